The van der Waals surface area contributed by atoms with Gasteiger partial charge in [0.1, 0.15) is 0 Å². The van der Waals surface area contributed by atoms with Crippen LogP contribution in [0.1, 0.15) is 16.7 Å². The third-order valence-electron chi connectivity index (χ3n) is 5.63. The van der Waals surface area contributed by atoms with E-state index in [0.29, 0.717) is 6.42 Å². The number of amides is 1. The number of hydrogen-bond acceptors (Lipinski definition) is 2. The zero-order chi connectivity index (χ0) is 20.3. The highest BCUT2D eigenvalue weighted by Crippen LogP contribution is 2.29. The molecule has 5 rings (SSSR count). The summed E-state index contributed by atoms with van der Waals surface area (Å²) in [5, 5.41) is 2.93. The zero-order valence-corrected chi connectivity index (χ0v) is 16.6. The second-order valence-corrected chi connectivity index (χ2v) is 7.74. The summed E-state index contributed by atoms with van der Waals surface area (Å²) in [6.45, 7) is 0. The molecule has 30 heavy (non-hydrogen) atoms. The summed E-state index contributed by atoms with van der Waals surface area (Å²) in [5.74, 6) is 0.0623. The van der Waals surface area contributed by atoms with Gasteiger partial charge in [-0.25, -0.2) is 0 Å². The van der Waals surface area contributed by atoms with E-state index in [1.807, 2.05) is 30.6 Å². The Hall–Kier alpha value is -3.72. The van der Waals surface area contributed by atoms with Crippen molar-refractivity contribution in [2.45, 2.75) is 19.3 Å². The fraction of sp³-hybridized carbons (Fsp3) is 0.111. The van der Waals surface area contributed by atoms with Crippen LogP contribution >= 0.6 is 0 Å². The number of nitrogens with zero attached hydrogens (tertiary/aromatic N) is 1. The van der Waals surface area contributed by atoms with Gasteiger partial charge in [0, 0.05) is 23.6 Å². The topological polar surface area (TPSA) is 42.0 Å². The molecule has 0 saturated carbocycles. The summed E-state index contributed by atoms with van der Waals surface area (Å²) in [5.41, 5.74) is 9.16. The van der Waals surface area contributed by atoms with Crippen LogP contribution in [0.5, 0.6) is 0 Å². The molecule has 0 radical (unpaired) electrons. The van der Waals surface area contributed by atoms with Gasteiger partial charge in [-0.3, -0.25) is 9.78 Å². The minimum Gasteiger partial charge on any atom is -0.326 e. The average Bonchev–Trinajstić information content (AvgIpc) is 3.18. The maximum absolute atomic E-state index is 11.6. The number of fused-ring (bicyclic) bond motifs is 1. The number of carbonyl (C=O) groups is 1. The van der Waals surface area contributed by atoms with Crippen molar-refractivity contribution in [2.24, 2.45) is 0 Å². The second-order valence-electron chi connectivity index (χ2n) is 7.74. The SMILES string of the molecule is O=C1Cc2ccc(-c3cncc(CCc4ccc(-c5ccccc5)cc4)c3)cc2N1. The second kappa shape index (κ2) is 7.96. The normalized spacial score (nSPS) is 12.5. The molecule has 3 nitrogen and oxygen atoms in total. The summed E-state index contributed by atoms with van der Waals surface area (Å²) in [4.78, 5) is 16.0. The van der Waals surface area contributed by atoms with E-state index in [2.05, 4.69) is 71.0 Å². The molecular weight excluding hydrogens is 368 g/mol. The Kier molecular flexibility index (Phi) is 4.86. The van der Waals surface area contributed by atoms with Crippen LogP contribution in [0.4, 0.5) is 5.69 Å². The van der Waals surface area contributed by atoms with Gasteiger partial charge in [-0.05, 0) is 58.4 Å². The molecule has 3 aromatic carbocycles. The minimum absolute atomic E-state index is 0.0623. The van der Waals surface area contributed by atoms with Crippen molar-refractivity contribution < 1.29 is 4.79 Å². The van der Waals surface area contributed by atoms with Gasteiger partial charge in [0.2, 0.25) is 5.91 Å². The first-order chi connectivity index (χ1) is 14.7. The number of nitrogens with one attached hydrogen (secondary N) is 1. The summed E-state index contributed by atoms with van der Waals surface area (Å²) in [6, 6.07) is 27.6. The summed E-state index contributed by atoms with van der Waals surface area (Å²) >= 11 is 0. The molecule has 3 heteroatoms. The summed E-state index contributed by atoms with van der Waals surface area (Å²) in [7, 11) is 0. The van der Waals surface area contributed by atoms with E-state index >= 15 is 0 Å². The molecule has 0 spiro atoms. The zero-order valence-electron chi connectivity index (χ0n) is 16.6. The smallest absolute Gasteiger partial charge is 0.228 e. The van der Waals surface area contributed by atoms with E-state index in [4.69, 9.17) is 0 Å². The minimum atomic E-state index is 0.0623. The maximum atomic E-state index is 11.6. The number of carbonyl (C=O) groups excluding carboxylic acids is 1. The van der Waals surface area contributed by atoms with E-state index in [-0.39, 0.29) is 5.91 Å². The summed E-state index contributed by atoms with van der Waals surface area (Å²) in [6.07, 6.45) is 6.21. The Morgan fingerprint density at radius 2 is 1.43 bits per heavy atom. The van der Waals surface area contributed by atoms with Gasteiger partial charge in [0.05, 0.1) is 6.42 Å². The molecule has 1 amide bonds. The van der Waals surface area contributed by atoms with E-state index in [1.165, 1.54) is 22.3 Å². The van der Waals surface area contributed by atoms with E-state index in [1.54, 1.807) is 0 Å². The van der Waals surface area contributed by atoms with Gasteiger partial charge in [0.15, 0.2) is 0 Å². The summed E-state index contributed by atoms with van der Waals surface area (Å²) < 4.78 is 0. The molecule has 0 saturated heterocycles. The van der Waals surface area contributed by atoms with Crippen molar-refractivity contribution in [3.63, 3.8) is 0 Å². The van der Waals surface area contributed by atoms with E-state index < -0.39 is 0 Å². The fourth-order valence-electron chi connectivity index (χ4n) is 3.96. The van der Waals surface area contributed by atoms with Crippen LogP contribution in [0.15, 0.2) is 91.3 Å². The van der Waals surface area contributed by atoms with Crippen LogP contribution in [0.3, 0.4) is 0 Å². The molecule has 0 aliphatic carbocycles. The lowest BCUT2D eigenvalue weighted by molar-refractivity contribution is -0.115. The largest absolute Gasteiger partial charge is 0.326 e. The molecule has 0 unspecified atom stereocenters. The van der Waals surface area contributed by atoms with Crippen molar-refractivity contribution in [3.8, 4) is 22.3 Å². The third kappa shape index (κ3) is 3.87. The molecule has 1 N–H and O–H groups in total. The number of benzene rings is 3. The Balaban J connectivity index is 1.29. The lowest BCUT2D eigenvalue weighted by Crippen LogP contribution is -2.03. The van der Waals surface area contributed by atoms with Crippen molar-refractivity contribution >= 4 is 11.6 Å². The highest BCUT2D eigenvalue weighted by atomic mass is 16.1. The first kappa shape index (κ1) is 18.3. The number of hydrogen-bond donors (Lipinski definition) is 1. The van der Waals surface area contributed by atoms with E-state index in [9.17, 15) is 4.79 Å². The first-order valence-electron chi connectivity index (χ1n) is 10.3. The molecule has 1 aliphatic rings. The Morgan fingerprint density at radius 1 is 0.700 bits per heavy atom. The number of aryl methyl sites for hydroxylation is 2. The quantitative estimate of drug-likeness (QED) is 0.475. The Labute approximate surface area is 176 Å². The number of rotatable bonds is 5. The standard InChI is InChI=1S/C27H22N2O/c30-27-16-24-13-12-23(15-26(24)29-27)25-14-20(17-28-18-25)7-6-19-8-10-22(11-9-19)21-4-2-1-3-5-21/h1-5,8-15,17-18H,6-7,16H2,(H,29,30). The van der Waals surface area contributed by atoms with Crippen molar-refractivity contribution in [2.75, 3.05) is 5.32 Å². The Bertz CT molecular complexity index is 1200. The van der Waals surface area contributed by atoms with Gasteiger partial charge in [-0.1, -0.05) is 66.7 Å². The fourth-order valence-corrected chi connectivity index (χ4v) is 3.96. The number of aromatic nitrogens is 1. The molecule has 0 atom stereocenters. The van der Waals surface area contributed by atoms with Crippen LogP contribution in [0, 0.1) is 0 Å². The predicted octanol–water partition coefficient (Wildman–Crippen LogP) is 5.70. The van der Waals surface area contributed by atoms with Gasteiger partial charge in [0.25, 0.3) is 0 Å². The van der Waals surface area contributed by atoms with Crippen LogP contribution in [0.2, 0.25) is 0 Å². The highest BCUT2D eigenvalue weighted by Gasteiger charge is 2.17. The van der Waals surface area contributed by atoms with Gasteiger partial charge >= 0.3 is 0 Å². The monoisotopic (exact) mass is 390 g/mol. The van der Waals surface area contributed by atoms with Crippen molar-refractivity contribution in [1.29, 1.82) is 0 Å². The lowest BCUT2D eigenvalue weighted by Gasteiger charge is -2.08. The van der Waals surface area contributed by atoms with Gasteiger partial charge in [-0.15, -0.1) is 0 Å². The third-order valence-corrected chi connectivity index (χ3v) is 5.63. The van der Waals surface area contributed by atoms with Gasteiger partial charge in [-0.2, -0.15) is 0 Å². The van der Waals surface area contributed by atoms with Crippen molar-refractivity contribution in [1.82, 2.24) is 4.98 Å². The molecule has 4 aromatic rings. The average molecular weight is 390 g/mol. The van der Waals surface area contributed by atoms with Crippen LogP contribution in [-0.2, 0) is 24.1 Å². The molecule has 1 aromatic heterocycles. The van der Waals surface area contributed by atoms with Crippen LogP contribution in [-0.4, -0.2) is 10.9 Å². The molecular formula is C27H22N2O. The highest BCUT2D eigenvalue weighted by molar-refractivity contribution is 5.99. The lowest BCUT2D eigenvalue weighted by atomic mass is 9.99. The first-order valence-corrected chi connectivity index (χ1v) is 10.3. The van der Waals surface area contributed by atoms with Gasteiger partial charge < -0.3 is 5.32 Å². The van der Waals surface area contributed by atoms with Crippen LogP contribution < -0.4 is 5.32 Å². The Morgan fingerprint density at radius 3 is 2.27 bits per heavy atom. The number of anilines is 1. The molecule has 1 aliphatic heterocycles. The molecule has 146 valence electrons. The van der Waals surface area contributed by atoms with E-state index in [0.717, 1.165) is 35.2 Å². The number of pyridine rings is 1. The maximum Gasteiger partial charge on any atom is 0.228 e. The van der Waals surface area contributed by atoms with Crippen molar-refractivity contribution in [3.05, 3.63) is 108 Å². The molecule has 0 bridgehead atoms. The van der Waals surface area contributed by atoms with Crippen LogP contribution in [0.25, 0.3) is 22.3 Å². The predicted molar refractivity (Wildman–Crippen MR) is 121 cm³/mol. The molecule has 0 fully saturated rings. The molecule has 2 heterocycles.